The molecular formula is C16H24N2O5. The molecule has 0 aliphatic rings. The van der Waals surface area contributed by atoms with E-state index in [1.54, 1.807) is 20.8 Å². The van der Waals surface area contributed by atoms with Crippen LogP contribution < -0.4 is 0 Å². The molecule has 0 aliphatic heterocycles. The Bertz CT molecular complexity index is 592. The first kappa shape index (κ1) is 18.9. The number of nitrogens with one attached hydrogen (secondary N) is 1. The summed E-state index contributed by atoms with van der Waals surface area (Å²) in [5.74, 6) is -0.917. The van der Waals surface area contributed by atoms with E-state index >= 15 is 0 Å². The molecule has 0 atom stereocenters. The van der Waals surface area contributed by atoms with Gasteiger partial charge in [0.15, 0.2) is 5.78 Å². The molecule has 0 radical (unpaired) electrons. The molecule has 1 aromatic heterocycles. The first-order valence-corrected chi connectivity index (χ1v) is 7.47. The van der Waals surface area contributed by atoms with Crippen molar-refractivity contribution in [2.24, 2.45) is 0 Å². The molecule has 0 fully saturated rings. The number of methoxy groups -OCH3 is 1. The maximum absolute atomic E-state index is 12.6. The average molecular weight is 324 g/mol. The Morgan fingerprint density at radius 1 is 1.22 bits per heavy atom. The number of aryl methyl sites for hydroxylation is 1. The number of hydrogen-bond acceptors (Lipinski definition) is 5. The molecule has 1 amide bonds. The van der Waals surface area contributed by atoms with Gasteiger partial charge in [0, 0.05) is 31.8 Å². The van der Waals surface area contributed by atoms with E-state index in [-0.39, 0.29) is 30.5 Å². The van der Waals surface area contributed by atoms with Crippen LogP contribution in [0.25, 0.3) is 0 Å². The Labute approximate surface area is 135 Å². The number of carbonyl (C=O) groups is 3. The Balaban J connectivity index is 2.99. The molecule has 0 bridgehead atoms. The molecule has 1 heterocycles. The van der Waals surface area contributed by atoms with Gasteiger partial charge in [-0.25, -0.2) is 4.79 Å². The van der Waals surface area contributed by atoms with Crippen LogP contribution in [0.5, 0.6) is 0 Å². The quantitative estimate of drug-likeness (QED) is 0.578. The number of carbonyl (C=O) groups excluding carboxylic acids is 3. The summed E-state index contributed by atoms with van der Waals surface area (Å²) in [5.41, 5.74) is 1.84. The first-order chi connectivity index (χ1) is 10.8. The van der Waals surface area contributed by atoms with Gasteiger partial charge in [0.05, 0.1) is 19.8 Å². The second kappa shape index (κ2) is 8.47. The number of amides is 1. The Morgan fingerprint density at radius 2 is 1.87 bits per heavy atom. The van der Waals surface area contributed by atoms with E-state index in [1.807, 2.05) is 0 Å². The van der Waals surface area contributed by atoms with Gasteiger partial charge in [-0.1, -0.05) is 0 Å². The molecular weight excluding hydrogens is 300 g/mol. The van der Waals surface area contributed by atoms with Crippen molar-refractivity contribution < 1.29 is 23.9 Å². The van der Waals surface area contributed by atoms with Crippen LogP contribution in [0.15, 0.2) is 0 Å². The SMILES string of the molecule is CCOC(=O)c1[nH]c(C)c(C(=O)CN(CCOC)C(C)=O)c1C. The summed E-state index contributed by atoms with van der Waals surface area (Å²) in [6, 6.07) is 0. The van der Waals surface area contributed by atoms with Crippen molar-refractivity contribution in [2.45, 2.75) is 27.7 Å². The molecule has 23 heavy (non-hydrogen) atoms. The van der Waals surface area contributed by atoms with Gasteiger partial charge in [0.2, 0.25) is 5.91 Å². The van der Waals surface area contributed by atoms with E-state index in [0.717, 1.165) is 0 Å². The molecule has 7 nitrogen and oxygen atoms in total. The highest BCUT2D eigenvalue weighted by atomic mass is 16.5. The third kappa shape index (κ3) is 4.66. The van der Waals surface area contributed by atoms with Gasteiger partial charge >= 0.3 is 5.97 Å². The number of ketones is 1. The Kier molecular flexibility index (Phi) is 6.96. The van der Waals surface area contributed by atoms with Gasteiger partial charge in [0.1, 0.15) is 5.69 Å². The predicted molar refractivity (Wildman–Crippen MR) is 84.7 cm³/mol. The highest BCUT2D eigenvalue weighted by molar-refractivity contribution is 6.04. The fourth-order valence-corrected chi connectivity index (χ4v) is 2.38. The van der Waals surface area contributed by atoms with Crippen LogP contribution in [0.4, 0.5) is 0 Å². The molecule has 0 saturated carbocycles. The van der Waals surface area contributed by atoms with Gasteiger partial charge in [0.25, 0.3) is 0 Å². The van der Waals surface area contributed by atoms with E-state index in [2.05, 4.69) is 4.98 Å². The van der Waals surface area contributed by atoms with Crippen LogP contribution in [-0.4, -0.2) is 61.0 Å². The number of aromatic nitrogens is 1. The third-order valence-electron chi connectivity index (χ3n) is 3.54. The maximum atomic E-state index is 12.6. The van der Waals surface area contributed by atoms with Crippen molar-refractivity contribution in [2.75, 3.05) is 33.4 Å². The summed E-state index contributed by atoms with van der Waals surface area (Å²) < 4.78 is 9.91. The third-order valence-corrected chi connectivity index (χ3v) is 3.54. The highest BCUT2D eigenvalue weighted by Gasteiger charge is 2.24. The summed E-state index contributed by atoms with van der Waals surface area (Å²) in [5, 5.41) is 0. The number of esters is 1. The van der Waals surface area contributed by atoms with Crippen LogP contribution in [0, 0.1) is 13.8 Å². The second-order valence-corrected chi connectivity index (χ2v) is 5.20. The minimum atomic E-state index is -0.491. The molecule has 0 saturated heterocycles. The van der Waals surface area contributed by atoms with Gasteiger partial charge in [-0.3, -0.25) is 9.59 Å². The van der Waals surface area contributed by atoms with Crippen LogP contribution in [0.3, 0.4) is 0 Å². The van der Waals surface area contributed by atoms with Gasteiger partial charge in [-0.15, -0.1) is 0 Å². The zero-order valence-corrected chi connectivity index (χ0v) is 14.3. The van der Waals surface area contributed by atoms with Crippen LogP contribution >= 0.6 is 0 Å². The number of nitrogens with zero attached hydrogens (tertiary/aromatic N) is 1. The number of hydrogen-bond donors (Lipinski definition) is 1. The average Bonchev–Trinajstić information content (AvgIpc) is 2.78. The Morgan fingerprint density at radius 3 is 2.39 bits per heavy atom. The summed E-state index contributed by atoms with van der Waals surface area (Å²) in [7, 11) is 1.53. The number of aromatic amines is 1. The highest BCUT2D eigenvalue weighted by Crippen LogP contribution is 2.20. The number of ether oxygens (including phenoxy) is 2. The summed E-state index contributed by atoms with van der Waals surface area (Å²) >= 11 is 0. The van der Waals surface area contributed by atoms with E-state index in [1.165, 1.54) is 18.9 Å². The normalized spacial score (nSPS) is 10.5. The minimum absolute atomic E-state index is 0.0551. The van der Waals surface area contributed by atoms with Gasteiger partial charge in [-0.05, 0) is 26.3 Å². The summed E-state index contributed by atoms with van der Waals surface area (Å²) in [6.45, 7) is 7.43. The lowest BCUT2D eigenvalue weighted by Crippen LogP contribution is -2.36. The second-order valence-electron chi connectivity index (χ2n) is 5.20. The van der Waals surface area contributed by atoms with E-state index in [0.29, 0.717) is 30.0 Å². The molecule has 0 unspecified atom stereocenters. The zero-order valence-electron chi connectivity index (χ0n) is 14.3. The largest absolute Gasteiger partial charge is 0.461 e. The monoisotopic (exact) mass is 324 g/mol. The van der Waals surface area contributed by atoms with Crippen LogP contribution in [-0.2, 0) is 14.3 Å². The van der Waals surface area contributed by atoms with Crippen molar-refractivity contribution in [3.05, 3.63) is 22.5 Å². The molecule has 7 heteroatoms. The Hall–Kier alpha value is -2.15. The smallest absolute Gasteiger partial charge is 0.355 e. The topological polar surface area (TPSA) is 88.7 Å². The van der Waals surface area contributed by atoms with Gasteiger partial charge < -0.3 is 19.4 Å². The minimum Gasteiger partial charge on any atom is -0.461 e. The van der Waals surface area contributed by atoms with Crippen molar-refractivity contribution >= 4 is 17.7 Å². The lowest BCUT2D eigenvalue weighted by Gasteiger charge is -2.19. The predicted octanol–water partition coefficient (Wildman–Crippen LogP) is 1.49. The standard InChI is InChI=1S/C16H24N2O5/c1-6-23-16(21)15-10(2)14(11(3)17-15)13(20)9-18(12(4)19)7-8-22-5/h17H,6-9H2,1-5H3. The molecule has 0 aliphatic carbocycles. The van der Waals surface area contributed by atoms with Gasteiger partial charge in [-0.2, -0.15) is 0 Å². The number of H-pyrrole nitrogens is 1. The number of rotatable bonds is 8. The molecule has 128 valence electrons. The van der Waals surface area contributed by atoms with Crippen molar-refractivity contribution in [3.63, 3.8) is 0 Å². The molecule has 1 aromatic rings. The number of Topliss-reactive ketones (excluding diaryl/α,β-unsaturated/α-hetero) is 1. The van der Waals surface area contributed by atoms with Crippen LogP contribution in [0.2, 0.25) is 0 Å². The maximum Gasteiger partial charge on any atom is 0.355 e. The first-order valence-electron chi connectivity index (χ1n) is 7.47. The summed E-state index contributed by atoms with van der Waals surface area (Å²) in [6.07, 6.45) is 0. The fraction of sp³-hybridized carbons (Fsp3) is 0.562. The van der Waals surface area contributed by atoms with E-state index < -0.39 is 5.97 Å². The van der Waals surface area contributed by atoms with E-state index in [9.17, 15) is 14.4 Å². The lowest BCUT2D eigenvalue weighted by atomic mass is 10.1. The van der Waals surface area contributed by atoms with E-state index in [4.69, 9.17) is 9.47 Å². The molecule has 1 rings (SSSR count). The zero-order chi connectivity index (χ0) is 17.6. The lowest BCUT2D eigenvalue weighted by molar-refractivity contribution is -0.129. The molecule has 1 N–H and O–H groups in total. The van der Waals surface area contributed by atoms with Crippen molar-refractivity contribution in [1.29, 1.82) is 0 Å². The summed E-state index contributed by atoms with van der Waals surface area (Å²) in [4.78, 5) is 40.4. The van der Waals surface area contributed by atoms with Crippen molar-refractivity contribution in [3.8, 4) is 0 Å². The molecule has 0 spiro atoms. The van der Waals surface area contributed by atoms with Crippen molar-refractivity contribution in [1.82, 2.24) is 9.88 Å². The molecule has 0 aromatic carbocycles. The fourth-order valence-electron chi connectivity index (χ4n) is 2.38. The van der Waals surface area contributed by atoms with Crippen LogP contribution in [0.1, 0.15) is 46.0 Å².